The van der Waals surface area contributed by atoms with E-state index < -0.39 is 16.8 Å². The van der Waals surface area contributed by atoms with Crippen LogP contribution in [0.2, 0.25) is 0 Å². The zero-order valence-corrected chi connectivity index (χ0v) is 12.6. The fourth-order valence-corrected chi connectivity index (χ4v) is 2.89. The second-order valence-corrected chi connectivity index (χ2v) is 6.29. The number of hydrogen-bond donors (Lipinski definition) is 4. The van der Waals surface area contributed by atoms with E-state index in [4.69, 9.17) is 5.73 Å². The van der Waals surface area contributed by atoms with Gasteiger partial charge in [-0.2, -0.15) is 0 Å². The lowest BCUT2D eigenvalue weighted by atomic mass is 9.98. The summed E-state index contributed by atoms with van der Waals surface area (Å²) in [6.45, 7) is 4.31. The van der Waals surface area contributed by atoms with Gasteiger partial charge in [0.1, 0.15) is 11.5 Å². The molecule has 1 saturated carbocycles. The minimum atomic E-state index is -0.530. The standard InChI is InChI=1S/C14H24N4O3/c1-9(2)7-18-11(15)10(12(20)16-13(18)21)17-14(8-19)5-3-4-6-14/h9,17,19H,3-8,15H2,1-2H3,(H,16,20,21). The molecule has 7 nitrogen and oxygen atoms in total. The van der Waals surface area contributed by atoms with E-state index in [1.807, 2.05) is 13.8 Å². The first kappa shape index (κ1) is 15.6. The van der Waals surface area contributed by atoms with Crippen molar-refractivity contribution in [2.75, 3.05) is 17.7 Å². The van der Waals surface area contributed by atoms with E-state index in [0.717, 1.165) is 25.7 Å². The molecule has 1 heterocycles. The van der Waals surface area contributed by atoms with Crippen molar-refractivity contribution in [3.05, 3.63) is 20.8 Å². The lowest BCUT2D eigenvalue weighted by molar-refractivity contribution is 0.214. The van der Waals surface area contributed by atoms with Crippen LogP contribution in [0.25, 0.3) is 0 Å². The molecule has 7 heteroatoms. The number of aliphatic hydroxyl groups is 1. The number of aromatic amines is 1. The number of anilines is 2. The van der Waals surface area contributed by atoms with Gasteiger partial charge in [0.15, 0.2) is 0 Å². The largest absolute Gasteiger partial charge is 0.394 e. The lowest BCUT2D eigenvalue weighted by Crippen LogP contribution is -2.43. The highest BCUT2D eigenvalue weighted by Crippen LogP contribution is 2.33. The number of nitrogens with zero attached hydrogens (tertiary/aromatic N) is 1. The third kappa shape index (κ3) is 3.12. The van der Waals surface area contributed by atoms with Crippen LogP contribution in [-0.2, 0) is 6.54 Å². The first-order valence-electron chi connectivity index (χ1n) is 7.40. The van der Waals surface area contributed by atoms with Gasteiger partial charge in [-0.15, -0.1) is 0 Å². The van der Waals surface area contributed by atoms with Crippen LogP contribution in [0, 0.1) is 5.92 Å². The minimum Gasteiger partial charge on any atom is -0.394 e. The summed E-state index contributed by atoms with van der Waals surface area (Å²) >= 11 is 0. The highest BCUT2D eigenvalue weighted by atomic mass is 16.3. The molecule has 118 valence electrons. The topological polar surface area (TPSA) is 113 Å². The molecule has 5 N–H and O–H groups in total. The predicted octanol–water partition coefficient (Wildman–Crippen LogP) is 0.492. The maximum Gasteiger partial charge on any atom is 0.330 e. The van der Waals surface area contributed by atoms with Crippen molar-refractivity contribution in [1.29, 1.82) is 0 Å². The Kier molecular flexibility index (Phi) is 4.41. The first-order chi connectivity index (χ1) is 9.88. The molecule has 1 aliphatic rings. The number of nitrogens with one attached hydrogen (secondary N) is 2. The van der Waals surface area contributed by atoms with Gasteiger partial charge in [-0.25, -0.2) is 4.79 Å². The van der Waals surface area contributed by atoms with E-state index in [2.05, 4.69) is 10.3 Å². The predicted molar refractivity (Wildman–Crippen MR) is 82.5 cm³/mol. The van der Waals surface area contributed by atoms with Gasteiger partial charge in [0.25, 0.3) is 5.56 Å². The number of nitrogen functional groups attached to an aromatic ring is 1. The van der Waals surface area contributed by atoms with Crippen molar-refractivity contribution >= 4 is 11.5 Å². The Morgan fingerprint density at radius 1 is 1.38 bits per heavy atom. The quantitative estimate of drug-likeness (QED) is 0.631. The van der Waals surface area contributed by atoms with E-state index in [9.17, 15) is 14.7 Å². The van der Waals surface area contributed by atoms with Crippen LogP contribution in [0.5, 0.6) is 0 Å². The normalized spacial score (nSPS) is 17.3. The minimum absolute atomic E-state index is 0.0603. The molecule has 2 rings (SSSR count). The molecule has 1 fully saturated rings. The van der Waals surface area contributed by atoms with Crippen molar-refractivity contribution in [3.8, 4) is 0 Å². The highest BCUT2D eigenvalue weighted by Gasteiger charge is 2.34. The molecule has 0 bridgehead atoms. The fraction of sp³-hybridized carbons (Fsp3) is 0.714. The Bertz CT molecular complexity index is 612. The Balaban J connectivity index is 2.44. The van der Waals surface area contributed by atoms with Crippen molar-refractivity contribution in [1.82, 2.24) is 9.55 Å². The molecule has 0 aliphatic heterocycles. The highest BCUT2D eigenvalue weighted by molar-refractivity contribution is 5.62. The summed E-state index contributed by atoms with van der Waals surface area (Å²) in [5, 5.41) is 12.7. The lowest BCUT2D eigenvalue weighted by Gasteiger charge is -2.29. The second kappa shape index (κ2) is 5.93. The molecule has 1 aliphatic carbocycles. The third-order valence-electron chi connectivity index (χ3n) is 4.04. The van der Waals surface area contributed by atoms with Crippen molar-refractivity contribution in [2.45, 2.75) is 51.6 Å². The van der Waals surface area contributed by atoms with Gasteiger partial charge in [-0.05, 0) is 18.8 Å². The average molecular weight is 296 g/mol. The van der Waals surface area contributed by atoms with Crippen LogP contribution < -0.4 is 22.3 Å². The molecule has 1 aromatic rings. The van der Waals surface area contributed by atoms with Gasteiger partial charge in [-0.1, -0.05) is 26.7 Å². The molecule has 0 unspecified atom stereocenters. The van der Waals surface area contributed by atoms with Gasteiger partial charge in [0, 0.05) is 6.54 Å². The molecular formula is C14H24N4O3. The van der Waals surface area contributed by atoms with Crippen molar-refractivity contribution in [3.63, 3.8) is 0 Å². The zero-order chi connectivity index (χ0) is 15.6. The Labute approximate surface area is 123 Å². The van der Waals surface area contributed by atoms with Crippen molar-refractivity contribution in [2.24, 2.45) is 5.92 Å². The molecule has 0 amide bonds. The zero-order valence-electron chi connectivity index (χ0n) is 12.6. The van der Waals surface area contributed by atoms with Crippen LogP contribution in [0.4, 0.5) is 11.5 Å². The summed E-state index contributed by atoms with van der Waals surface area (Å²) in [6, 6.07) is 0. The molecule has 1 aromatic heterocycles. The van der Waals surface area contributed by atoms with E-state index in [-0.39, 0.29) is 24.0 Å². The fourth-order valence-electron chi connectivity index (χ4n) is 2.89. The number of aromatic nitrogens is 2. The van der Waals surface area contributed by atoms with Crippen LogP contribution in [0.15, 0.2) is 9.59 Å². The first-order valence-corrected chi connectivity index (χ1v) is 7.40. The number of nitrogens with two attached hydrogens (primary N) is 1. The summed E-state index contributed by atoms with van der Waals surface area (Å²) in [7, 11) is 0. The third-order valence-corrected chi connectivity index (χ3v) is 4.04. The van der Waals surface area contributed by atoms with E-state index in [0.29, 0.717) is 6.54 Å². The number of aliphatic hydroxyl groups excluding tert-OH is 1. The maximum absolute atomic E-state index is 12.1. The molecule has 0 radical (unpaired) electrons. The average Bonchev–Trinajstić information content (AvgIpc) is 2.89. The summed E-state index contributed by atoms with van der Waals surface area (Å²) in [5.74, 6) is 0.360. The maximum atomic E-state index is 12.1. The van der Waals surface area contributed by atoms with Crippen LogP contribution in [-0.4, -0.2) is 26.8 Å². The monoisotopic (exact) mass is 296 g/mol. The Hall–Kier alpha value is -1.76. The van der Waals surface area contributed by atoms with Gasteiger partial charge in [0.05, 0.1) is 12.1 Å². The summed E-state index contributed by atoms with van der Waals surface area (Å²) < 4.78 is 1.37. The summed E-state index contributed by atoms with van der Waals surface area (Å²) in [6.07, 6.45) is 3.56. The number of H-pyrrole nitrogens is 1. The summed E-state index contributed by atoms with van der Waals surface area (Å²) in [5.41, 5.74) is 4.67. The van der Waals surface area contributed by atoms with E-state index >= 15 is 0 Å². The van der Waals surface area contributed by atoms with Crippen molar-refractivity contribution < 1.29 is 5.11 Å². The van der Waals surface area contributed by atoms with Crippen LogP contribution in [0.3, 0.4) is 0 Å². The van der Waals surface area contributed by atoms with E-state index in [1.165, 1.54) is 4.57 Å². The Morgan fingerprint density at radius 3 is 2.52 bits per heavy atom. The molecule has 21 heavy (non-hydrogen) atoms. The van der Waals surface area contributed by atoms with Gasteiger partial charge in [0.2, 0.25) is 0 Å². The molecule has 0 atom stereocenters. The number of hydrogen-bond acceptors (Lipinski definition) is 5. The molecule has 0 spiro atoms. The van der Waals surface area contributed by atoms with E-state index in [1.54, 1.807) is 0 Å². The summed E-state index contributed by atoms with van der Waals surface area (Å²) in [4.78, 5) is 26.2. The van der Waals surface area contributed by atoms with Crippen LogP contribution >= 0.6 is 0 Å². The smallest absolute Gasteiger partial charge is 0.330 e. The second-order valence-electron chi connectivity index (χ2n) is 6.29. The molecular weight excluding hydrogens is 272 g/mol. The molecule has 0 saturated heterocycles. The van der Waals surface area contributed by atoms with Crippen LogP contribution in [0.1, 0.15) is 39.5 Å². The van der Waals surface area contributed by atoms with Gasteiger partial charge < -0.3 is 16.2 Å². The van der Waals surface area contributed by atoms with Gasteiger partial charge >= 0.3 is 5.69 Å². The Morgan fingerprint density at radius 2 is 2.00 bits per heavy atom. The van der Waals surface area contributed by atoms with Gasteiger partial charge in [-0.3, -0.25) is 14.3 Å². The SMILES string of the molecule is CC(C)Cn1c(N)c(NC2(CO)CCCC2)c(=O)[nH]c1=O. The molecule has 0 aromatic carbocycles. The number of rotatable bonds is 5.